The summed E-state index contributed by atoms with van der Waals surface area (Å²) in [5.74, 6) is -0.486. The summed E-state index contributed by atoms with van der Waals surface area (Å²) in [7, 11) is 0. The van der Waals surface area contributed by atoms with Crippen LogP contribution in [0, 0.1) is 0 Å². The van der Waals surface area contributed by atoms with Gasteiger partial charge in [0.1, 0.15) is 6.10 Å². The second-order valence-electron chi connectivity index (χ2n) is 20.8. The lowest BCUT2D eigenvalue weighted by molar-refractivity contribution is -0.151. The Labute approximate surface area is 429 Å². The van der Waals surface area contributed by atoms with Gasteiger partial charge in [-0.15, -0.1) is 0 Å². The molecule has 0 aromatic carbocycles. The molecule has 1 amide bonds. The van der Waals surface area contributed by atoms with Gasteiger partial charge in [0.25, 0.3) is 0 Å². The number of carbonyl (C=O) groups excluding carboxylic acids is 2. The van der Waals surface area contributed by atoms with Crippen molar-refractivity contribution in [3.63, 3.8) is 0 Å². The predicted molar refractivity (Wildman–Crippen MR) is 301 cm³/mol. The van der Waals surface area contributed by atoms with Gasteiger partial charge in [-0.1, -0.05) is 268 Å². The summed E-state index contributed by atoms with van der Waals surface area (Å²) in [4.78, 5) is 26.3. The number of amides is 1. The van der Waals surface area contributed by atoms with E-state index in [-0.39, 0.29) is 24.9 Å². The Bertz CT molecular complexity index is 1180. The van der Waals surface area contributed by atoms with Crippen molar-refractivity contribution in [1.29, 1.82) is 0 Å². The normalized spacial score (nSPS) is 13.4. The molecule has 0 spiro atoms. The molecule has 0 aliphatic heterocycles. The number of ether oxygens (including phenoxy) is 1. The van der Waals surface area contributed by atoms with Crippen LogP contribution in [-0.2, 0) is 14.3 Å². The lowest BCUT2D eigenvalue weighted by atomic mass is 10.0. The third-order valence-electron chi connectivity index (χ3n) is 13.9. The van der Waals surface area contributed by atoms with Crippen LogP contribution in [0.3, 0.4) is 0 Å². The van der Waals surface area contributed by atoms with Gasteiger partial charge >= 0.3 is 5.97 Å². The number of rotatable bonds is 55. The van der Waals surface area contributed by atoms with Gasteiger partial charge in [0.05, 0.1) is 25.2 Å². The molecular weight excluding hydrogens is 851 g/mol. The van der Waals surface area contributed by atoms with Crippen LogP contribution < -0.4 is 5.32 Å². The zero-order valence-electron chi connectivity index (χ0n) is 46.2. The Hall–Kier alpha value is -2.18. The first-order valence-electron chi connectivity index (χ1n) is 30.4. The number of unbranched alkanes of at least 4 members (excludes halogenated alkanes) is 36. The molecule has 69 heavy (non-hydrogen) atoms. The summed E-state index contributed by atoms with van der Waals surface area (Å²) in [6.45, 7) is 6.49. The van der Waals surface area contributed by atoms with Gasteiger partial charge in [0.2, 0.25) is 5.91 Å². The summed E-state index contributed by atoms with van der Waals surface area (Å²) < 4.78 is 5.97. The van der Waals surface area contributed by atoms with Crippen molar-refractivity contribution < 1.29 is 24.5 Å². The lowest BCUT2D eigenvalue weighted by Crippen LogP contribution is -2.46. The van der Waals surface area contributed by atoms with Crippen molar-refractivity contribution in [3.8, 4) is 0 Å². The Morgan fingerprint density at radius 1 is 0.435 bits per heavy atom. The van der Waals surface area contributed by atoms with Crippen LogP contribution in [0.5, 0.6) is 0 Å². The molecule has 0 radical (unpaired) electrons. The largest absolute Gasteiger partial charge is 0.462 e. The van der Waals surface area contributed by atoms with Gasteiger partial charge in [0.15, 0.2) is 0 Å². The zero-order chi connectivity index (χ0) is 50.2. The molecule has 0 bridgehead atoms. The molecule has 404 valence electrons. The molecule has 6 nitrogen and oxygen atoms in total. The van der Waals surface area contributed by atoms with Gasteiger partial charge in [-0.2, -0.15) is 0 Å². The summed E-state index contributed by atoms with van der Waals surface area (Å²) in [5, 5.41) is 23.9. The molecule has 0 aliphatic rings. The molecule has 3 N–H and O–H groups in total. The highest BCUT2D eigenvalue weighted by Gasteiger charge is 2.24. The SMILES string of the molecule is CCCCC/C=C\C/C=C\CCCCCCCCCC(CC(=O)NC(CO)C(O)CCCCCCCCCCCCCCCCC)OC(=O)CCCCCCC/C=C/C=C/CCCCCCCCC. The first-order valence-corrected chi connectivity index (χ1v) is 30.4. The molecule has 0 aliphatic carbocycles. The average molecular weight is 969 g/mol. The van der Waals surface area contributed by atoms with E-state index in [0.29, 0.717) is 19.3 Å². The summed E-state index contributed by atoms with van der Waals surface area (Å²) in [6, 6.07) is -0.709. The maximum atomic E-state index is 13.3. The van der Waals surface area contributed by atoms with Gasteiger partial charge in [0, 0.05) is 6.42 Å². The third-order valence-corrected chi connectivity index (χ3v) is 13.9. The van der Waals surface area contributed by atoms with Crippen molar-refractivity contribution in [1.82, 2.24) is 5.32 Å². The number of hydrogen-bond donors (Lipinski definition) is 3. The highest BCUT2D eigenvalue weighted by atomic mass is 16.5. The van der Waals surface area contributed by atoms with E-state index in [1.54, 1.807) is 0 Å². The number of nitrogens with one attached hydrogen (secondary N) is 1. The van der Waals surface area contributed by atoms with Gasteiger partial charge in [-0.25, -0.2) is 0 Å². The number of esters is 1. The van der Waals surface area contributed by atoms with E-state index in [2.05, 4.69) is 74.7 Å². The highest BCUT2D eigenvalue weighted by Crippen LogP contribution is 2.18. The van der Waals surface area contributed by atoms with Crippen molar-refractivity contribution in [2.45, 2.75) is 334 Å². The first-order chi connectivity index (χ1) is 34.0. The number of allylic oxidation sites excluding steroid dienone is 8. The van der Waals surface area contributed by atoms with Crippen molar-refractivity contribution >= 4 is 11.9 Å². The minimum atomic E-state index is -0.794. The van der Waals surface area contributed by atoms with Crippen LogP contribution in [-0.4, -0.2) is 46.9 Å². The molecule has 3 atom stereocenters. The second-order valence-corrected chi connectivity index (χ2v) is 20.8. The van der Waals surface area contributed by atoms with Crippen molar-refractivity contribution in [2.24, 2.45) is 0 Å². The number of aliphatic hydroxyl groups is 2. The Balaban J connectivity index is 4.59. The molecular formula is C63H117NO5. The quantitative estimate of drug-likeness (QED) is 0.0244. The number of aliphatic hydroxyl groups excluding tert-OH is 2. The average Bonchev–Trinajstić information content (AvgIpc) is 3.34. The molecule has 0 saturated heterocycles. The van der Waals surface area contributed by atoms with Crippen LogP contribution >= 0.6 is 0 Å². The predicted octanol–water partition coefficient (Wildman–Crippen LogP) is 19.0. The van der Waals surface area contributed by atoms with E-state index in [1.165, 1.54) is 186 Å². The van der Waals surface area contributed by atoms with E-state index >= 15 is 0 Å². The topological polar surface area (TPSA) is 95.9 Å². The molecule has 0 fully saturated rings. The smallest absolute Gasteiger partial charge is 0.306 e. The van der Waals surface area contributed by atoms with E-state index < -0.39 is 18.2 Å². The molecule has 0 aromatic heterocycles. The molecule has 3 unspecified atom stereocenters. The van der Waals surface area contributed by atoms with Crippen LogP contribution in [0.25, 0.3) is 0 Å². The zero-order valence-corrected chi connectivity index (χ0v) is 46.2. The minimum absolute atomic E-state index is 0.0674. The summed E-state index contributed by atoms with van der Waals surface area (Å²) in [6.07, 6.45) is 70.3. The monoisotopic (exact) mass is 968 g/mol. The number of carbonyl (C=O) groups is 2. The van der Waals surface area contributed by atoms with E-state index in [9.17, 15) is 19.8 Å². The van der Waals surface area contributed by atoms with E-state index in [4.69, 9.17) is 4.74 Å². The standard InChI is InChI=1S/C63H117NO5/c1-4-7-10-13-16-19-22-25-28-30-32-35-38-41-44-47-50-53-56-63(68)69-59(54-51-48-45-42-39-36-34-31-29-26-23-20-17-14-11-8-5-2)57-62(67)64-60(58-65)61(66)55-52-49-46-43-40-37-33-27-24-21-18-15-12-9-6-3/h17,20,26,28-30,32,35,59-61,65-66H,4-16,18-19,21-25,27,31,33-34,36-58H2,1-3H3,(H,64,67)/b20-17-,29-26-,30-28+,35-32+. The Kier molecular flexibility index (Phi) is 54.9. The molecule has 0 heterocycles. The van der Waals surface area contributed by atoms with Crippen molar-refractivity contribution in [3.05, 3.63) is 48.6 Å². The third kappa shape index (κ3) is 52.0. The molecule has 0 aromatic rings. The lowest BCUT2D eigenvalue weighted by Gasteiger charge is -2.24. The molecule has 0 rings (SSSR count). The van der Waals surface area contributed by atoms with Crippen LogP contribution in [0.15, 0.2) is 48.6 Å². The first kappa shape index (κ1) is 66.8. The van der Waals surface area contributed by atoms with Gasteiger partial charge in [-0.3, -0.25) is 9.59 Å². The minimum Gasteiger partial charge on any atom is -0.462 e. The maximum absolute atomic E-state index is 13.3. The van der Waals surface area contributed by atoms with E-state index in [0.717, 1.165) is 83.5 Å². The Morgan fingerprint density at radius 2 is 0.783 bits per heavy atom. The van der Waals surface area contributed by atoms with Gasteiger partial charge < -0.3 is 20.3 Å². The number of hydrogen-bond acceptors (Lipinski definition) is 5. The highest BCUT2D eigenvalue weighted by molar-refractivity contribution is 5.77. The summed E-state index contributed by atoms with van der Waals surface area (Å²) >= 11 is 0. The second kappa shape index (κ2) is 56.7. The van der Waals surface area contributed by atoms with E-state index in [1.807, 2.05) is 0 Å². The van der Waals surface area contributed by atoms with Crippen molar-refractivity contribution in [2.75, 3.05) is 6.61 Å². The summed E-state index contributed by atoms with van der Waals surface area (Å²) in [5.41, 5.74) is 0. The Morgan fingerprint density at radius 3 is 1.22 bits per heavy atom. The fourth-order valence-corrected chi connectivity index (χ4v) is 9.28. The maximum Gasteiger partial charge on any atom is 0.306 e. The van der Waals surface area contributed by atoms with Crippen LogP contribution in [0.2, 0.25) is 0 Å². The molecule has 0 saturated carbocycles. The van der Waals surface area contributed by atoms with Crippen LogP contribution in [0.1, 0.15) is 316 Å². The van der Waals surface area contributed by atoms with Crippen LogP contribution in [0.4, 0.5) is 0 Å². The fraction of sp³-hybridized carbons (Fsp3) is 0.841. The molecule has 6 heteroatoms. The van der Waals surface area contributed by atoms with Gasteiger partial charge in [-0.05, 0) is 83.5 Å². The fourth-order valence-electron chi connectivity index (χ4n) is 9.28.